The third-order valence-corrected chi connectivity index (χ3v) is 6.27. The van der Waals surface area contributed by atoms with Crippen LogP contribution in [0.3, 0.4) is 0 Å². The second kappa shape index (κ2) is 11.4. The fraction of sp³-hybridized carbons (Fsp3) is 0.360. The van der Waals surface area contributed by atoms with E-state index in [-0.39, 0.29) is 23.7 Å². The van der Waals surface area contributed by atoms with Crippen LogP contribution in [0.5, 0.6) is 0 Å². The number of halogens is 1. The molecule has 4 rings (SSSR count). The number of nitrogens with one attached hydrogen (secondary N) is 2. The van der Waals surface area contributed by atoms with E-state index < -0.39 is 0 Å². The molecule has 1 aliphatic heterocycles. The summed E-state index contributed by atoms with van der Waals surface area (Å²) in [5, 5.41) is 6.19. The van der Waals surface area contributed by atoms with Gasteiger partial charge in [-0.25, -0.2) is 14.8 Å². The Morgan fingerprint density at radius 2 is 2.06 bits per heavy atom. The van der Waals surface area contributed by atoms with Gasteiger partial charge in [-0.1, -0.05) is 19.1 Å². The Hall–Kier alpha value is -3.40. The van der Waals surface area contributed by atoms with Crippen LogP contribution in [0, 0.1) is 0 Å². The second-order valence-corrected chi connectivity index (χ2v) is 9.04. The van der Waals surface area contributed by atoms with Gasteiger partial charge >= 0.3 is 6.09 Å². The smallest absolute Gasteiger partial charge is 0.409 e. The maximum absolute atomic E-state index is 13.0. The number of aryl methyl sites for hydroxylation is 1. The molecule has 0 aliphatic carbocycles. The van der Waals surface area contributed by atoms with E-state index in [0.29, 0.717) is 49.3 Å². The van der Waals surface area contributed by atoms with Crippen LogP contribution in [0.4, 0.5) is 16.3 Å². The molecule has 1 atom stereocenters. The predicted octanol–water partition coefficient (Wildman–Crippen LogP) is 5.35. The summed E-state index contributed by atoms with van der Waals surface area (Å²) in [7, 11) is 0. The lowest BCUT2D eigenvalue weighted by atomic mass is 10.2. The summed E-state index contributed by atoms with van der Waals surface area (Å²) in [4.78, 5) is 35.5. The lowest BCUT2D eigenvalue weighted by Gasteiger charge is -2.16. The number of ether oxygens (including phenoxy) is 1. The molecule has 2 amide bonds. The van der Waals surface area contributed by atoms with Gasteiger partial charge in [0.05, 0.1) is 24.1 Å². The minimum atomic E-state index is -0.348. The van der Waals surface area contributed by atoms with Gasteiger partial charge in [-0.15, -0.1) is 0 Å². The van der Waals surface area contributed by atoms with Crippen LogP contribution >= 0.6 is 15.9 Å². The Balaban J connectivity index is 1.40. The highest BCUT2D eigenvalue weighted by atomic mass is 79.9. The number of nitrogens with zero attached hydrogens (tertiary/aromatic N) is 3. The number of hydrogen-bond acceptors (Lipinski definition) is 7. The third-order valence-electron chi connectivity index (χ3n) is 5.58. The normalized spacial score (nSPS) is 15.2. The molecule has 1 unspecified atom stereocenters. The molecule has 3 heterocycles. The maximum Gasteiger partial charge on any atom is 0.409 e. The quantitative estimate of drug-likeness (QED) is 0.395. The van der Waals surface area contributed by atoms with E-state index in [9.17, 15) is 9.59 Å². The van der Waals surface area contributed by atoms with E-state index in [1.165, 1.54) is 0 Å². The lowest BCUT2D eigenvalue weighted by Crippen LogP contribution is -2.32. The summed E-state index contributed by atoms with van der Waals surface area (Å²) >= 11 is 3.51. The number of carbonyl (C=O) groups is 2. The molecule has 184 valence electrons. The van der Waals surface area contributed by atoms with E-state index >= 15 is 0 Å². The van der Waals surface area contributed by atoms with Crippen LogP contribution in [-0.4, -0.2) is 52.6 Å². The molecule has 10 heteroatoms. The zero-order valence-corrected chi connectivity index (χ0v) is 21.3. The molecule has 9 nitrogen and oxygen atoms in total. The van der Waals surface area contributed by atoms with Crippen LogP contribution in [0.25, 0.3) is 11.5 Å². The van der Waals surface area contributed by atoms with E-state index in [1.807, 2.05) is 31.2 Å². The lowest BCUT2D eigenvalue weighted by molar-refractivity contribution is 0.102. The number of anilines is 2. The molecule has 0 saturated carbocycles. The fourth-order valence-corrected chi connectivity index (χ4v) is 4.34. The Bertz CT molecular complexity index is 1180. The molecule has 0 radical (unpaired) electrons. The van der Waals surface area contributed by atoms with Crippen molar-refractivity contribution in [2.45, 2.75) is 39.2 Å². The van der Waals surface area contributed by atoms with Crippen molar-refractivity contribution in [3.8, 4) is 11.5 Å². The molecule has 0 bridgehead atoms. The first-order valence-corrected chi connectivity index (χ1v) is 12.5. The zero-order valence-electron chi connectivity index (χ0n) is 19.7. The average Bonchev–Trinajstić information content (AvgIpc) is 3.49. The standard InChI is InChI=1S/C25H28BrN5O4/c1-3-7-20-22(30-24(35-20)18-8-5-6-9-19(18)26)23(32)29-16-10-11-21(27-14-16)28-17-12-13-31(15-17)25(33)34-4-2/h5-6,8-11,14,17H,3-4,7,12-13,15H2,1-2H3,(H,27,28)(H,29,32). The fourth-order valence-electron chi connectivity index (χ4n) is 3.89. The Kier molecular flexibility index (Phi) is 8.02. The molecule has 2 N–H and O–H groups in total. The van der Waals surface area contributed by atoms with Crippen molar-refractivity contribution in [3.63, 3.8) is 0 Å². The molecule has 3 aromatic rings. The number of benzene rings is 1. The van der Waals surface area contributed by atoms with Crippen LogP contribution in [0.2, 0.25) is 0 Å². The van der Waals surface area contributed by atoms with Gasteiger partial charge in [0.15, 0.2) is 5.69 Å². The summed E-state index contributed by atoms with van der Waals surface area (Å²) in [6, 6.07) is 11.3. The van der Waals surface area contributed by atoms with Gasteiger partial charge in [0.1, 0.15) is 11.6 Å². The maximum atomic E-state index is 13.0. The molecule has 1 saturated heterocycles. The van der Waals surface area contributed by atoms with Crippen LogP contribution in [0.15, 0.2) is 51.5 Å². The van der Waals surface area contributed by atoms with Gasteiger partial charge in [0, 0.05) is 30.0 Å². The van der Waals surface area contributed by atoms with Gasteiger partial charge in [0.25, 0.3) is 5.91 Å². The number of pyridine rings is 1. The van der Waals surface area contributed by atoms with Crippen LogP contribution in [0.1, 0.15) is 42.9 Å². The van der Waals surface area contributed by atoms with E-state index in [4.69, 9.17) is 9.15 Å². The summed E-state index contributed by atoms with van der Waals surface area (Å²) in [6.45, 7) is 5.38. The number of amides is 2. The molecule has 1 fully saturated rings. The average molecular weight is 542 g/mol. The van der Waals surface area contributed by atoms with Crippen molar-refractivity contribution in [2.24, 2.45) is 0 Å². The van der Waals surface area contributed by atoms with E-state index in [0.717, 1.165) is 22.9 Å². The number of carbonyl (C=O) groups excluding carboxylic acids is 2. The first-order valence-electron chi connectivity index (χ1n) is 11.7. The predicted molar refractivity (Wildman–Crippen MR) is 136 cm³/mol. The molecule has 2 aromatic heterocycles. The second-order valence-electron chi connectivity index (χ2n) is 8.18. The highest BCUT2D eigenvalue weighted by molar-refractivity contribution is 9.10. The number of aromatic nitrogens is 2. The van der Waals surface area contributed by atoms with Gasteiger partial charge < -0.3 is 24.7 Å². The van der Waals surface area contributed by atoms with Gasteiger partial charge in [-0.3, -0.25) is 4.79 Å². The van der Waals surface area contributed by atoms with Crippen molar-refractivity contribution in [1.29, 1.82) is 0 Å². The summed E-state index contributed by atoms with van der Waals surface area (Å²) < 4.78 is 11.9. The largest absolute Gasteiger partial charge is 0.450 e. The summed E-state index contributed by atoms with van der Waals surface area (Å²) in [5.74, 6) is 1.27. The van der Waals surface area contributed by atoms with E-state index in [1.54, 1.807) is 30.2 Å². The van der Waals surface area contributed by atoms with Crippen molar-refractivity contribution >= 4 is 39.4 Å². The molecule has 35 heavy (non-hydrogen) atoms. The zero-order chi connectivity index (χ0) is 24.8. The Morgan fingerprint density at radius 1 is 1.23 bits per heavy atom. The Labute approximate surface area is 212 Å². The minimum absolute atomic E-state index is 0.0924. The van der Waals surface area contributed by atoms with Crippen molar-refractivity contribution in [2.75, 3.05) is 30.3 Å². The number of rotatable bonds is 8. The SMILES string of the molecule is CCCc1oc(-c2ccccc2Br)nc1C(=O)Nc1ccc(NC2CCN(C(=O)OCC)C2)nc1. The van der Waals surface area contributed by atoms with Gasteiger partial charge in [-0.2, -0.15) is 0 Å². The topological polar surface area (TPSA) is 110 Å². The van der Waals surface area contributed by atoms with Gasteiger partial charge in [0.2, 0.25) is 5.89 Å². The Morgan fingerprint density at radius 3 is 2.77 bits per heavy atom. The van der Waals surface area contributed by atoms with Crippen molar-refractivity contribution in [3.05, 3.63) is 58.5 Å². The molecular formula is C25H28BrN5O4. The third kappa shape index (κ3) is 6.00. The molecule has 1 aromatic carbocycles. The van der Waals surface area contributed by atoms with Crippen LogP contribution < -0.4 is 10.6 Å². The highest BCUT2D eigenvalue weighted by Crippen LogP contribution is 2.30. The molecule has 1 aliphatic rings. The van der Waals surface area contributed by atoms with Gasteiger partial charge in [-0.05, 0) is 60.0 Å². The first-order chi connectivity index (χ1) is 17.0. The number of oxazole rings is 1. The van der Waals surface area contributed by atoms with Crippen molar-refractivity contribution < 1.29 is 18.7 Å². The number of likely N-dealkylation sites (tertiary alicyclic amines) is 1. The monoisotopic (exact) mass is 541 g/mol. The summed E-state index contributed by atoms with van der Waals surface area (Å²) in [6.07, 6.45) is 3.53. The first kappa shape index (κ1) is 24.7. The van der Waals surface area contributed by atoms with Crippen LogP contribution in [-0.2, 0) is 11.2 Å². The van der Waals surface area contributed by atoms with E-state index in [2.05, 4.69) is 36.5 Å². The number of hydrogen-bond donors (Lipinski definition) is 2. The van der Waals surface area contributed by atoms with Crippen molar-refractivity contribution in [1.82, 2.24) is 14.9 Å². The molecule has 0 spiro atoms. The highest BCUT2D eigenvalue weighted by Gasteiger charge is 2.27. The molecular weight excluding hydrogens is 514 g/mol. The summed E-state index contributed by atoms with van der Waals surface area (Å²) in [5.41, 5.74) is 1.60. The minimum Gasteiger partial charge on any atom is -0.450 e.